The van der Waals surface area contributed by atoms with Crippen molar-refractivity contribution in [2.75, 3.05) is 13.2 Å². The van der Waals surface area contributed by atoms with Gasteiger partial charge in [-0.2, -0.15) is 0 Å². The molecule has 17 heavy (non-hydrogen) atoms. The van der Waals surface area contributed by atoms with Gasteiger partial charge < -0.3 is 19.5 Å². The average Bonchev–Trinajstić information content (AvgIpc) is 2.83. The summed E-state index contributed by atoms with van der Waals surface area (Å²) < 4.78 is 11.1. The third-order valence-electron chi connectivity index (χ3n) is 2.91. The van der Waals surface area contributed by atoms with Gasteiger partial charge in [0.1, 0.15) is 5.75 Å². The number of benzene rings is 1. The number of ether oxygens (including phenoxy) is 2. The fraction of sp³-hybridized carbons (Fsp3) is 0.500. The van der Waals surface area contributed by atoms with Gasteiger partial charge in [0.25, 0.3) is 0 Å². The fourth-order valence-corrected chi connectivity index (χ4v) is 1.92. The molecule has 2 rings (SSSR count). The highest BCUT2D eigenvalue weighted by Crippen LogP contribution is 2.16. The van der Waals surface area contributed by atoms with Crippen molar-refractivity contribution in [3.05, 3.63) is 24.3 Å². The molecule has 4 nitrogen and oxygen atoms in total. The molecule has 1 aromatic rings. The Balaban J connectivity index is 1.74. The SMILES string of the molecule is OB(O)c1ccc(OCCC2CCCO2)cc1. The van der Waals surface area contributed by atoms with E-state index in [1.54, 1.807) is 24.3 Å². The van der Waals surface area contributed by atoms with E-state index in [0.717, 1.165) is 31.6 Å². The fourth-order valence-electron chi connectivity index (χ4n) is 1.92. The zero-order valence-electron chi connectivity index (χ0n) is 9.71. The molecule has 1 heterocycles. The van der Waals surface area contributed by atoms with Crippen molar-refractivity contribution in [3.63, 3.8) is 0 Å². The van der Waals surface area contributed by atoms with Gasteiger partial charge >= 0.3 is 7.12 Å². The third kappa shape index (κ3) is 3.73. The lowest BCUT2D eigenvalue weighted by Gasteiger charge is -2.10. The second-order valence-corrected chi connectivity index (χ2v) is 4.21. The summed E-state index contributed by atoms with van der Waals surface area (Å²) in [6, 6.07) is 6.77. The molecule has 0 aromatic heterocycles. The smallest absolute Gasteiger partial charge is 0.488 e. The standard InChI is InChI=1S/C12H17BO4/c14-13(15)10-3-5-12(6-4-10)17-9-7-11-2-1-8-16-11/h3-6,11,14-15H,1-2,7-9H2. The van der Waals surface area contributed by atoms with E-state index in [0.29, 0.717) is 18.2 Å². The Morgan fingerprint density at radius 2 is 2.06 bits per heavy atom. The van der Waals surface area contributed by atoms with Gasteiger partial charge in [-0.3, -0.25) is 0 Å². The topological polar surface area (TPSA) is 58.9 Å². The first-order valence-electron chi connectivity index (χ1n) is 5.96. The number of hydrogen-bond donors (Lipinski definition) is 2. The van der Waals surface area contributed by atoms with Crippen LogP contribution in [0.5, 0.6) is 5.75 Å². The highest BCUT2D eigenvalue weighted by molar-refractivity contribution is 6.58. The minimum absolute atomic E-state index is 0.341. The van der Waals surface area contributed by atoms with Crippen LogP contribution >= 0.6 is 0 Å². The molecule has 1 fully saturated rings. The zero-order chi connectivity index (χ0) is 12.1. The summed E-state index contributed by atoms with van der Waals surface area (Å²) in [5, 5.41) is 17.9. The third-order valence-corrected chi connectivity index (χ3v) is 2.91. The first kappa shape index (κ1) is 12.4. The van der Waals surface area contributed by atoms with E-state index in [1.807, 2.05) is 0 Å². The van der Waals surface area contributed by atoms with Gasteiger partial charge in [-0.25, -0.2) is 0 Å². The van der Waals surface area contributed by atoms with Crippen molar-refractivity contribution in [2.45, 2.75) is 25.4 Å². The summed E-state index contributed by atoms with van der Waals surface area (Å²) in [5.74, 6) is 0.743. The largest absolute Gasteiger partial charge is 0.493 e. The van der Waals surface area contributed by atoms with Crippen LogP contribution in [0.15, 0.2) is 24.3 Å². The number of hydrogen-bond acceptors (Lipinski definition) is 4. The Morgan fingerprint density at radius 3 is 2.65 bits per heavy atom. The Kier molecular flexibility index (Phi) is 4.42. The van der Waals surface area contributed by atoms with Gasteiger partial charge in [0, 0.05) is 13.0 Å². The molecule has 92 valence electrons. The van der Waals surface area contributed by atoms with Gasteiger partial charge in [-0.05, 0) is 30.4 Å². The molecule has 1 aliphatic rings. The Bertz CT molecular complexity index is 333. The lowest BCUT2D eigenvalue weighted by atomic mass is 9.80. The molecule has 5 heteroatoms. The molecule has 0 amide bonds. The van der Waals surface area contributed by atoms with E-state index in [-0.39, 0.29) is 0 Å². The van der Waals surface area contributed by atoms with Crippen molar-refractivity contribution in [2.24, 2.45) is 0 Å². The molecule has 1 aliphatic heterocycles. The van der Waals surface area contributed by atoms with Crippen LogP contribution in [0.3, 0.4) is 0 Å². The molecule has 1 aromatic carbocycles. The second-order valence-electron chi connectivity index (χ2n) is 4.21. The Labute approximate surface area is 101 Å². The van der Waals surface area contributed by atoms with Gasteiger partial charge in [0.2, 0.25) is 0 Å². The normalized spacial score (nSPS) is 19.3. The summed E-state index contributed by atoms with van der Waals surface area (Å²) in [7, 11) is -1.42. The maximum Gasteiger partial charge on any atom is 0.488 e. The van der Waals surface area contributed by atoms with E-state index in [9.17, 15) is 0 Å². The predicted molar refractivity (Wildman–Crippen MR) is 65.4 cm³/mol. The average molecular weight is 236 g/mol. The van der Waals surface area contributed by atoms with Crippen molar-refractivity contribution in [1.29, 1.82) is 0 Å². The highest BCUT2D eigenvalue weighted by Gasteiger charge is 2.15. The van der Waals surface area contributed by atoms with Crippen LogP contribution in [0.25, 0.3) is 0 Å². The lowest BCUT2D eigenvalue weighted by Crippen LogP contribution is -2.29. The summed E-state index contributed by atoms with van der Waals surface area (Å²) >= 11 is 0. The van der Waals surface area contributed by atoms with Gasteiger partial charge in [-0.15, -0.1) is 0 Å². The minimum Gasteiger partial charge on any atom is -0.493 e. The van der Waals surface area contributed by atoms with Crippen LogP contribution in [0.4, 0.5) is 0 Å². The quantitative estimate of drug-likeness (QED) is 0.722. The molecule has 0 saturated carbocycles. The Hall–Kier alpha value is -1.04. The molecule has 0 spiro atoms. The molecular weight excluding hydrogens is 219 g/mol. The molecule has 0 aliphatic carbocycles. The highest BCUT2D eigenvalue weighted by atomic mass is 16.5. The van der Waals surface area contributed by atoms with E-state index >= 15 is 0 Å². The first-order valence-corrected chi connectivity index (χ1v) is 5.96. The van der Waals surface area contributed by atoms with Crippen LogP contribution < -0.4 is 10.2 Å². The monoisotopic (exact) mass is 236 g/mol. The molecule has 0 radical (unpaired) electrons. The van der Waals surface area contributed by atoms with Crippen molar-refractivity contribution < 1.29 is 19.5 Å². The first-order chi connectivity index (χ1) is 8.25. The predicted octanol–water partition coefficient (Wildman–Crippen LogP) is 0.314. The van der Waals surface area contributed by atoms with Crippen LogP contribution in [-0.2, 0) is 4.74 Å². The molecular formula is C12H17BO4. The van der Waals surface area contributed by atoms with Crippen molar-refractivity contribution >= 4 is 12.6 Å². The van der Waals surface area contributed by atoms with E-state index < -0.39 is 7.12 Å². The molecule has 2 N–H and O–H groups in total. The maximum absolute atomic E-state index is 8.93. The maximum atomic E-state index is 8.93. The molecule has 1 atom stereocenters. The van der Waals surface area contributed by atoms with E-state index in [4.69, 9.17) is 19.5 Å². The molecule has 1 unspecified atom stereocenters. The van der Waals surface area contributed by atoms with Gasteiger partial charge in [-0.1, -0.05) is 12.1 Å². The van der Waals surface area contributed by atoms with Crippen molar-refractivity contribution in [3.8, 4) is 5.75 Å². The van der Waals surface area contributed by atoms with E-state index in [2.05, 4.69) is 0 Å². The molecule has 0 bridgehead atoms. The van der Waals surface area contributed by atoms with Crippen LogP contribution in [0, 0.1) is 0 Å². The molecule has 1 saturated heterocycles. The second kappa shape index (κ2) is 6.05. The van der Waals surface area contributed by atoms with E-state index in [1.165, 1.54) is 0 Å². The Morgan fingerprint density at radius 1 is 1.29 bits per heavy atom. The van der Waals surface area contributed by atoms with Crippen LogP contribution in [0.1, 0.15) is 19.3 Å². The summed E-state index contributed by atoms with van der Waals surface area (Å²) in [4.78, 5) is 0. The van der Waals surface area contributed by atoms with Gasteiger partial charge in [0.15, 0.2) is 0 Å². The summed E-state index contributed by atoms with van der Waals surface area (Å²) in [6.07, 6.45) is 3.52. The van der Waals surface area contributed by atoms with Crippen LogP contribution in [0.2, 0.25) is 0 Å². The minimum atomic E-state index is -1.42. The van der Waals surface area contributed by atoms with Crippen molar-refractivity contribution in [1.82, 2.24) is 0 Å². The van der Waals surface area contributed by atoms with Crippen LogP contribution in [-0.4, -0.2) is 36.5 Å². The summed E-state index contributed by atoms with van der Waals surface area (Å²) in [6.45, 7) is 1.50. The number of rotatable bonds is 5. The lowest BCUT2D eigenvalue weighted by molar-refractivity contribution is 0.0903. The summed E-state index contributed by atoms with van der Waals surface area (Å²) in [5.41, 5.74) is 0.469. The van der Waals surface area contributed by atoms with Gasteiger partial charge in [0.05, 0.1) is 12.7 Å². The zero-order valence-corrected chi connectivity index (χ0v) is 9.71.